The van der Waals surface area contributed by atoms with Crippen LogP contribution >= 0.6 is 11.6 Å². The van der Waals surface area contributed by atoms with E-state index in [9.17, 15) is 4.79 Å². The van der Waals surface area contributed by atoms with Crippen LogP contribution in [0.3, 0.4) is 0 Å². The Morgan fingerprint density at radius 3 is 2.88 bits per heavy atom. The van der Waals surface area contributed by atoms with Gasteiger partial charge in [0.1, 0.15) is 0 Å². The van der Waals surface area contributed by atoms with Gasteiger partial charge in [0.05, 0.1) is 0 Å². The Balaban J connectivity index is 2.28. The molecule has 0 radical (unpaired) electrons. The summed E-state index contributed by atoms with van der Waals surface area (Å²) in [6.07, 6.45) is 4.82. The Morgan fingerprint density at radius 2 is 2.06 bits per heavy atom. The number of carbonyl (C=O) groups is 1. The molecule has 0 aliphatic carbocycles. The molecule has 0 unspecified atom stereocenters. The summed E-state index contributed by atoms with van der Waals surface area (Å²) in [5.74, 6) is 0.0393. The average Bonchev–Trinajstić information content (AvgIpc) is 2.48. The maximum absolute atomic E-state index is 11.7. The molecule has 0 spiro atoms. The van der Waals surface area contributed by atoms with Gasteiger partial charge in [0.15, 0.2) is 0 Å². The van der Waals surface area contributed by atoms with Crippen LogP contribution in [-0.4, -0.2) is 12.5 Å². The molecule has 1 saturated heterocycles. The van der Waals surface area contributed by atoms with Crippen LogP contribution in [0.5, 0.6) is 0 Å². The molecular formula is C13H14ClNO. The number of benzene rings is 1. The van der Waals surface area contributed by atoms with Gasteiger partial charge in [-0.1, -0.05) is 29.8 Å². The van der Waals surface area contributed by atoms with Gasteiger partial charge in [-0.15, -0.1) is 0 Å². The fourth-order valence-electron chi connectivity index (χ4n) is 1.79. The number of carbonyl (C=O) groups excluding carboxylic acids is 1. The van der Waals surface area contributed by atoms with Crippen molar-refractivity contribution in [3.05, 3.63) is 40.4 Å². The fourth-order valence-corrected chi connectivity index (χ4v) is 1.98. The maximum Gasteiger partial charge on any atom is 0.247 e. The third kappa shape index (κ3) is 2.64. The SMILES string of the molecule is O=C1NCCCCC1=Cc1ccccc1Cl. The summed E-state index contributed by atoms with van der Waals surface area (Å²) in [7, 11) is 0. The smallest absolute Gasteiger partial charge is 0.247 e. The molecule has 1 aliphatic rings. The molecule has 1 aromatic rings. The van der Waals surface area contributed by atoms with E-state index in [0.717, 1.165) is 36.9 Å². The quantitative estimate of drug-likeness (QED) is 0.745. The summed E-state index contributed by atoms with van der Waals surface area (Å²) in [6.45, 7) is 0.776. The van der Waals surface area contributed by atoms with Crippen molar-refractivity contribution in [3.63, 3.8) is 0 Å². The molecule has 2 nitrogen and oxygen atoms in total. The highest BCUT2D eigenvalue weighted by atomic mass is 35.5. The van der Waals surface area contributed by atoms with Crippen LogP contribution in [0.15, 0.2) is 29.8 Å². The summed E-state index contributed by atoms with van der Waals surface area (Å²) in [5.41, 5.74) is 1.74. The molecule has 2 rings (SSSR count). The third-order valence-electron chi connectivity index (χ3n) is 2.69. The van der Waals surface area contributed by atoms with Crippen LogP contribution in [-0.2, 0) is 4.79 Å². The first-order valence-electron chi connectivity index (χ1n) is 5.50. The molecular weight excluding hydrogens is 222 g/mol. The van der Waals surface area contributed by atoms with E-state index >= 15 is 0 Å². The Kier molecular flexibility index (Phi) is 3.62. The van der Waals surface area contributed by atoms with E-state index in [4.69, 9.17) is 11.6 Å². The lowest BCUT2D eigenvalue weighted by molar-refractivity contribution is -0.117. The van der Waals surface area contributed by atoms with Crippen LogP contribution in [0.4, 0.5) is 0 Å². The average molecular weight is 236 g/mol. The molecule has 1 aromatic carbocycles. The number of halogens is 1. The minimum Gasteiger partial charge on any atom is -0.352 e. The predicted molar refractivity (Wildman–Crippen MR) is 66.3 cm³/mol. The Bertz CT molecular complexity index is 426. The lowest BCUT2D eigenvalue weighted by atomic mass is 10.1. The van der Waals surface area contributed by atoms with Crippen molar-refractivity contribution >= 4 is 23.6 Å². The van der Waals surface area contributed by atoms with E-state index in [2.05, 4.69) is 5.32 Å². The molecule has 0 aromatic heterocycles. The van der Waals surface area contributed by atoms with Gasteiger partial charge in [0.2, 0.25) is 5.91 Å². The standard InChI is InChI=1S/C13H14ClNO/c14-12-7-2-1-5-10(12)9-11-6-3-4-8-15-13(11)16/h1-2,5,7,9H,3-4,6,8H2,(H,15,16). The molecule has 3 heteroatoms. The molecule has 0 atom stereocenters. The lowest BCUT2D eigenvalue weighted by Crippen LogP contribution is -2.23. The second-order valence-electron chi connectivity index (χ2n) is 3.90. The van der Waals surface area contributed by atoms with Gasteiger partial charge < -0.3 is 5.32 Å². The fraction of sp³-hybridized carbons (Fsp3) is 0.308. The van der Waals surface area contributed by atoms with Gasteiger partial charge in [0.25, 0.3) is 0 Å². The number of hydrogen-bond donors (Lipinski definition) is 1. The second kappa shape index (κ2) is 5.17. The number of amides is 1. The lowest BCUT2D eigenvalue weighted by Gasteiger charge is -2.03. The van der Waals surface area contributed by atoms with Gasteiger partial charge in [0, 0.05) is 17.1 Å². The minimum atomic E-state index is 0.0393. The van der Waals surface area contributed by atoms with Crippen molar-refractivity contribution in [2.75, 3.05) is 6.54 Å². The zero-order valence-corrected chi connectivity index (χ0v) is 9.76. The zero-order chi connectivity index (χ0) is 11.4. The molecule has 1 aliphatic heterocycles. The van der Waals surface area contributed by atoms with Gasteiger partial charge in [-0.25, -0.2) is 0 Å². The Hall–Kier alpha value is -1.28. The van der Waals surface area contributed by atoms with Crippen molar-refractivity contribution in [2.45, 2.75) is 19.3 Å². The summed E-state index contributed by atoms with van der Waals surface area (Å²) in [5, 5.41) is 3.57. The van der Waals surface area contributed by atoms with E-state index in [1.54, 1.807) is 0 Å². The number of rotatable bonds is 1. The van der Waals surface area contributed by atoms with Gasteiger partial charge in [-0.2, -0.15) is 0 Å². The van der Waals surface area contributed by atoms with Crippen molar-refractivity contribution in [3.8, 4) is 0 Å². The summed E-state index contributed by atoms with van der Waals surface area (Å²) in [4.78, 5) is 11.7. The summed E-state index contributed by atoms with van der Waals surface area (Å²) in [6, 6.07) is 7.57. The topological polar surface area (TPSA) is 29.1 Å². The normalized spacial score (nSPS) is 19.3. The molecule has 84 valence electrons. The largest absolute Gasteiger partial charge is 0.352 e. The predicted octanol–water partition coefficient (Wildman–Crippen LogP) is 3.02. The van der Waals surface area contributed by atoms with Gasteiger partial charge in [-0.3, -0.25) is 4.79 Å². The number of nitrogens with one attached hydrogen (secondary N) is 1. The van der Waals surface area contributed by atoms with E-state index < -0.39 is 0 Å². The molecule has 1 N–H and O–H groups in total. The van der Waals surface area contributed by atoms with E-state index in [0.29, 0.717) is 5.02 Å². The highest BCUT2D eigenvalue weighted by Gasteiger charge is 2.12. The highest BCUT2D eigenvalue weighted by molar-refractivity contribution is 6.32. The molecule has 1 amide bonds. The molecule has 1 fully saturated rings. The molecule has 16 heavy (non-hydrogen) atoms. The van der Waals surface area contributed by atoms with Crippen LogP contribution < -0.4 is 5.32 Å². The first-order chi connectivity index (χ1) is 7.77. The maximum atomic E-state index is 11.7. The van der Waals surface area contributed by atoms with Crippen molar-refractivity contribution < 1.29 is 4.79 Å². The van der Waals surface area contributed by atoms with Crippen LogP contribution in [0.1, 0.15) is 24.8 Å². The molecule has 0 bridgehead atoms. The minimum absolute atomic E-state index is 0.0393. The van der Waals surface area contributed by atoms with Crippen LogP contribution in [0.2, 0.25) is 5.02 Å². The van der Waals surface area contributed by atoms with Gasteiger partial charge in [-0.05, 0) is 37.0 Å². The first-order valence-corrected chi connectivity index (χ1v) is 5.88. The van der Waals surface area contributed by atoms with Crippen molar-refractivity contribution in [2.24, 2.45) is 0 Å². The third-order valence-corrected chi connectivity index (χ3v) is 3.03. The zero-order valence-electron chi connectivity index (χ0n) is 9.00. The van der Waals surface area contributed by atoms with Crippen LogP contribution in [0, 0.1) is 0 Å². The second-order valence-corrected chi connectivity index (χ2v) is 4.31. The van der Waals surface area contributed by atoms with E-state index in [-0.39, 0.29) is 5.91 Å². The summed E-state index contributed by atoms with van der Waals surface area (Å²) >= 11 is 6.06. The number of hydrogen-bond acceptors (Lipinski definition) is 1. The van der Waals surface area contributed by atoms with E-state index in [1.807, 2.05) is 30.3 Å². The van der Waals surface area contributed by atoms with Crippen molar-refractivity contribution in [1.82, 2.24) is 5.32 Å². The van der Waals surface area contributed by atoms with Crippen LogP contribution in [0.25, 0.3) is 6.08 Å². The Labute approximate surface area is 100 Å². The monoisotopic (exact) mass is 235 g/mol. The van der Waals surface area contributed by atoms with Crippen molar-refractivity contribution in [1.29, 1.82) is 0 Å². The highest BCUT2D eigenvalue weighted by Crippen LogP contribution is 2.21. The Morgan fingerprint density at radius 1 is 1.25 bits per heavy atom. The summed E-state index contributed by atoms with van der Waals surface area (Å²) < 4.78 is 0. The van der Waals surface area contributed by atoms with E-state index in [1.165, 1.54) is 0 Å². The molecule has 0 saturated carbocycles. The molecule has 1 heterocycles. The van der Waals surface area contributed by atoms with Gasteiger partial charge >= 0.3 is 0 Å². The first kappa shape index (κ1) is 11.2.